The predicted octanol–water partition coefficient (Wildman–Crippen LogP) is 1.73. The monoisotopic (exact) mass is 264 g/mol. The average Bonchev–Trinajstić information content (AvgIpc) is 2.80. The number of carbonyl (C=O) groups is 1. The Morgan fingerprint density at radius 2 is 2.28 bits per heavy atom. The van der Waals surface area contributed by atoms with E-state index in [2.05, 4.69) is 20.6 Å². The summed E-state index contributed by atoms with van der Waals surface area (Å²) in [6, 6.07) is 7.84. The van der Waals surface area contributed by atoms with Crippen molar-refractivity contribution in [2.45, 2.75) is 5.75 Å². The van der Waals surface area contributed by atoms with Gasteiger partial charge in [-0.2, -0.15) is 11.8 Å². The van der Waals surface area contributed by atoms with E-state index < -0.39 is 0 Å². The molecule has 1 aromatic carbocycles. The third kappa shape index (κ3) is 3.40. The molecule has 6 heteroatoms. The van der Waals surface area contributed by atoms with Gasteiger partial charge >= 0.3 is 6.03 Å². The highest BCUT2D eigenvalue weighted by atomic mass is 32.2. The molecule has 0 aliphatic rings. The summed E-state index contributed by atoms with van der Waals surface area (Å²) in [6.07, 6.45) is 0. The first-order valence-corrected chi connectivity index (χ1v) is 6.92. The van der Waals surface area contributed by atoms with Crippen LogP contribution in [0.2, 0.25) is 0 Å². The van der Waals surface area contributed by atoms with Crippen molar-refractivity contribution in [3.8, 4) is 0 Å². The maximum absolute atomic E-state index is 10.9. The Hall–Kier alpha value is -1.69. The molecule has 0 bridgehead atoms. The summed E-state index contributed by atoms with van der Waals surface area (Å²) >= 11 is 1.74. The van der Waals surface area contributed by atoms with Crippen LogP contribution in [0.3, 0.4) is 0 Å². The first kappa shape index (κ1) is 12.8. The number of hydrogen-bond acceptors (Lipinski definition) is 3. The molecule has 18 heavy (non-hydrogen) atoms. The molecule has 0 radical (unpaired) electrons. The van der Waals surface area contributed by atoms with Crippen LogP contribution >= 0.6 is 11.8 Å². The van der Waals surface area contributed by atoms with Crippen LogP contribution in [0.25, 0.3) is 11.0 Å². The first-order valence-electron chi connectivity index (χ1n) is 5.76. The van der Waals surface area contributed by atoms with Crippen molar-refractivity contribution >= 4 is 28.8 Å². The molecule has 0 aliphatic carbocycles. The van der Waals surface area contributed by atoms with Crippen molar-refractivity contribution < 1.29 is 4.79 Å². The molecule has 0 saturated heterocycles. The van der Waals surface area contributed by atoms with Crippen LogP contribution in [0, 0.1) is 0 Å². The van der Waals surface area contributed by atoms with E-state index in [-0.39, 0.29) is 6.03 Å². The summed E-state index contributed by atoms with van der Waals surface area (Å²) in [5.74, 6) is 2.66. The fraction of sp³-hybridized carbons (Fsp3) is 0.333. The van der Waals surface area contributed by atoms with E-state index in [1.807, 2.05) is 24.3 Å². The fourth-order valence-corrected chi connectivity index (χ4v) is 2.29. The number of aromatic nitrogens is 2. The Bertz CT molecular complexity index is 493. The van der Waals surface area contributed by atoms with E-state index in [9.17, 15) is 4.79 Å². The van der Waals surface area contributed by atoms with Crippen LogP contribution in [-0.2, 0) is 5.75 Å². The number of urea groups is 1. The molecule has 0 aliphatic heterocycles. The molecule has 0 spiro atoms. The van der Waals surface area contributed by atoms with Gasteiger partial charge in [0.15, 0.2) is 0 Å². The molecule has 1 aromatic heterocycles. The van der Waals surface area contributed by atoms with Crippen LogP contribution in [0.15, 0.2) is 24.3 Å². The zero-order chi connectivity index (χ0) is 12.8. The van der Waals surface area contributed by atoms with Gasteiger partial charge in [-0.3, -0.25) is 0 Å². The quantitative estimate of drug-likeness (QED) is 0.720. The molecule has 0 unspecified atom stereocenters. The Labute approximate surface area is 110 Å². The number of fused-ring (bicyclic) bond motifs is 1. The van der Waals surface area contributed by atoms with Gasteiger partial charge in [0.2, 0.25) is 0 Å². The van der Waals surface area contributed by atoms with Crippen LogP contribution in [0.4, 0.5) is 4.79 Å². The number of H-pyrrole nitrogens is 1. The number of benzene rings is 1. The van der Waals surface area contributed by atoms with Crippen molar-refractivity contribution in [1.82, 2.24) is 20.6 Å². The van der Waals surface area contributed by atoms with Crippen molar-refractivity contribution in [2.75, 3.05) is 19.3 Å². The van der Waals surface area contributed by atoms with Gasteiger partial charge in [0.1, 0.15) is 5.82 Å². The molecule has 0 atom stereocenters. The molecule has 1 heterocycles. The molecule has 0 fully saturated rings. The Kier molecular flexibility index (Phi) is 4.46. The summed E-state index contributed by atoms with van der Waals surface area (Å²) < 4.78 is 0. The smallest absolute Gasteiger partial charge is 0.314 e. The predicted molar refractivity (Wildman–Crippen MR) is 74.7 cm³/mol. The number of nitrogens with one attached hydrogen (secondary N) is 3. The third-order valence-corrected chi connectivity index (χ3v) is 3.41. The molecule has 3 N–H and O–H groups in total. The fourth-order valence-electron chi connectivity index (χ4n) is 1.57. The van der Waals surface area contributed by atoms with E-state index in [0.717, 1.165) is 28.4 Å². The second-order valence-corrected chi connectivity index (χ2v) is 4.86. The highest BCUT2D eigenvalue weighted by molar-refractivity contribution is 7.98. The summed E-state index contributed by atoms with van der Waals surface area (Å²) in [6.45, 7) is 0.657. The van der Waals surface area contributed by atoms with E-state index in [0.29, 0.717) is 6.54 Å². The Morgan fingerprint density at radius 1 is 1.44 bits per heavy atom. The van der Waals surface area contributed by atoms with Gasteiger partial charge in [-0.25, -0.2) is 9.78 Å². The topological polar surface area (TPSA) is 69.8 Å². The SMILES string of the molecule is CNC(=O)NCCSCc1nc2ccccc2[nH]1. The van der Waals surface area contributed by atoms with Gasteiger partial charge in [0.05, 0.1) is 16.8 Å². The van der Waals surface area contributed by atoms with Crippen LogP contribution in [-0.4, -0.2) is 35.3 Å². The van der Waals surface area contributed by atoms with Crippen molar-refractivity contribution in [3.05, 3.63) is 30.1 Å². The lowest BCUT2D eigenvalue weighted by Gasteiger charge is -2.02. The van der Waals surface area contributed by atoms with Crippen LogP contribution in [0.1, 0.15) is 5.82 Å². The van der Waals surface area contributed by atoms with Gasteiger partial charge in [-0.05, 0) is 12.1 Å². The van der Waals surface area contributed by atoms with Gasteiger partial charge in [0.25, 0.3) is 0 Å². The number of hydrogen-bond donors (Lipinski definition) is 3. The molecule has 5 nitrogen and oxygen atoms in total. The number of thioether (sulfide) groups is 1. The number of para-hydroxylation sites is 2. The summed E-state index contributed by atoms with van der Waals surface area (Å²) in [5.41, 5.74) is 2.06. The van der Waals surface area contributed by atoms with E-state index in [1.54, 1.807) is 18.8 Å². The largest absolute Gasteiger partial charge is 0.341 e. The van der Waals surface area contributed by atoms with E-state index in [1.165, 1.54) is 0 Å². The van der Waals surface area contributed by atoms with Crippen LogP contribution < -0.4 is 10.6 Å². The lowest BCUT2D eigenvalue weighted by atomic mass is 10.3. The second kappa shape index (κ2) is 6.30. The zero-order valence-corrected chi connectivity index (χ0v) is 11.0. The van der Waals surface area contributed by atoms with Crippen molar-refractivity contribution in [3.63, 3.8) is 0 Å². The Balaban J connectivity index is 1.75. The highest BCUT2D eigenvalue weighted by Gasteiger charge is 2.02. The molecule has 0 saturated carbocycles. The van der Waals surface area contributed by atoms with Gasteiger partial charge < -0.3 is 15.6 Å². The van der Waals surface area contributed by atoms with E-state index in [4.69, 9.17) is 0 Å². The lowest BCUT2D eigenvalue weighted by molar-refractivity contribution is 0.243. The van der Waals surface area contributed by atoms with Gasteiger partial charge in [-0.15, -0.1) is 0 Å². The minimum Gasteiger partial charge on any atom is -0.341 e. The zero-order valence-electron chi connectivity index (χ0n) is 10.2. The number of nitrogens with zero attached hydrogens (tertiary/aromatic N) is 1. The maximum Gasteiger partial charge on any atom is 0.314 e. The number of rotatable bonds is 5. The molecule has 2 aromatic rings. The molecule has 96 valence electrons. The lowest BCUT2D eigenvalue weighted by Crippen LogP contribution is -2.34. The van der Waals surface area contributed by atoms with Gasteiger partial charge in [-0.1, -0.05) is 12.1 Å². The minimum absolute atomic E-state index is 0.140. The molecular formula is C12H16N4OS. The van der Waals surface area contributed by atoms with E-state index >= 15 is 0 Å². The number of aromatic amines is 1. The van der Waals surface area contributed by atoms with Crippen LogP contribution in [0.5, 0.6) is 0 Å². The highest BCUT2D eigenvalue weighted by Crippen LogP contribution is 2.14. The Morgan fingerprint density at radius 3 is 3.06 bits per heavy atom. The third-order valence-electron chi connectivity index (χ3n) is 2.44. The average molecular weight is 264 g/mol. The summed E-state index contributed by atoms with van der Waals surface area (Å²) in [7, 11) is 1.61. The maximum atomic E-state index is 10.9. The molecule has 2 amide bonds. The van der Waals surface area contributed by atoms with Gasteiger partial charge in [0, 0.05) is 19.3 Å². The second-order valence-electron chi connectivity index (χ2n) is 3.76. The first-order chi connectivity index (χ1) is 8.79. The summed E-state index contributed by atoms with van der Waals surface area (Å²) in [4.78, 5) is 18.7. The number of carbonyl (C=O) groups excluding carboxylic acids is 1. The van der Waals surface area contributed by atoms with Crippen molar-refractivity contribution in [2.24, 2.45) is 0 Å². The standard InChI is InChI=1S/C12H16N4OS/c1-13-12(17)14-6-7-18-8-11-15-9-4-2-3-5-10(9)16-11/h2-5H,6-8H2,1H3,(H,15,16)(H2,13,14,17). The summed E-state index contributed by atoms with van der Waals surface area (Å²) in [5, 5.41) is 5.26. The normalized spacial score (nSPS) is 10.5. The molecule has 2 rings (SSSR count). The number of amides is 2. The number of imidazole rings is 1. The van der Waals surface area contributed by atoms with Crippen molar-refractivity contribution in [1.29, 1.82) is 0 Å². The minimum atomic E-state index is -0.140. The molecular weight excluding hydrogens is 248 g/mol.